The summed E-state index contributed by atoms with van der Waals surface area (Å²) in [7, 11) is -3.87. The van der Waals surface area contributed by atoms with E-state index in [4.69, 9.17) is 0 Å². The average molecular weight is 235 g/mol. The van der Waals surface area contributed by atoms with Gasteiger partial charge in [-0.15, -0.1) is 0 Å². The van der Waals surface area contributed by atoms with Crippen molar-refractivity contribution in [1.82, 2.24) is 0 Å². The Balaban J connectivity index is 3.24. The molecule has 0 atom stereocenters. The molecule has 0 aromatic heterocycles. The molecule has 0 heterocycles. The van der Waals surface area contributed by atoms with Crippen LogP contribution in [0.3, 0.4) is 0 Å². The molecule has 1 rings (SSSR count). The molecule has 0 unspecified atom stereocenters. The van der Waals surface area contributed by atoms with E-state index in [0.717, 1.165) is 18.4 Å². The van der Waals surface area contributed by atoms with Crippen molar-refractivity contribution in [2.75, 3.05) is 6.26 Å². The minimum Gasteiger partial charge on any atom is -0.375 e. The van der Waals surface area contributed by atoms with Gasteiger partial charge in [-0.3, -0.25) is 10.1 Å². The fourth-order valence-corrected chi connectivity index (χ4v) is 1.33. The molecule has 0 bridgehead atoms. The first kappa shape index (κ1) is 11.4. The third-order valence-electron chi connectivity index (χ3n) is 1.36. The minimum atomic E-state index is -3.87. The molecule has 0 fully saturated rings. The second-order valence-electron chi connectivity index (χ2n) is 2.66. The number of hydrogen-bond acceptors (Lipinski definition) is 5. The normalized spacial score (nSPS) is 11.1. The van der Waals surface area contributed by atoms with E-state index >= 15 is 0 Å². The van der Waals surface area contributed by atoms with E-state index in [0.29, 0.717) is 6.07 Å². The number of nitro groups is 1. The first-order valence-corrected chi connectivity index (χ1v) is 5.44. The molecule has 0 aliphatic carbocycles. The van der Waals surface area contributed by atoms with Crippen LogP contribution >= 0.6 is 0 Å². The summed E-state index contributed by atoms with van der Waals surface area (Å²) in [5.41, 5.74) is -0.736. The molecule has 0 saturated carbocycles. The van der Waals surface area contributed by atoms with Gasteiger partial charge in [-0.25, -0.2) is 4.39 Å². The Labute approximate surface area is 84.6 Å². The third-order valence-corrected chi connectivity index (χ3v) is 1.84. The van der Waals surface area contributed by atoms with E-state index in [1.165, 1.54) is 0 Å². The Morgan fingerprint density at radius 2 is 2.07 bits per heavy atom. The summed E-state index contributed by atoms with van der Waals surface area (Å²) in [6.07, 6.45) is 0.736. The van der Waals surface area contributed by atoms with Crippen molar-refractivity contribution in [3.8, 4) is 5.75 Å². The molecule has 0 N–H and O–H groups in total. The molecule has 0 amide bonds. The van der Waals surface area contributed by atoms with Gasteiger partial charge in [0.25, 0.3) is 0 Å². The first-order chi connectivity index (χ1) is 6.79. The lowest BCUT2D eigenvalue weighted by Gasteiger charge is -2.02. The molecule has 0 radical (unpaired) electrons. The van der Waals surface area contributed by atoms with Crippen molar-refractivity contribution in [2.45, 2.75) is 0 Å². The molecular weight excluding hydrogens is 229 g/mol. The minimum absolute atomic E-state index is 0.510. The van der Waals surface area contributed by atoms with Gasteiger partial charge in [0.15, 0.2) is 0 Å². The average Bonchev–Trinajstić information content (AvgIpc) is 2.05. The highest BCUT2D eigenvalue weighted by atomic mass is 32.2. The lowest BCUT2D eigenvalue weighted by Crippen LogP contribution is -2.07. The molecular formula is C7H6FNO5S. The van der Waals surface area contributed by atoms with Gasteiger partial charge in [0.1, 0.15) is 5.82 Å². The smallest absolute Gasteiger partial charge is 0.315 e. The largest absolute Gasteiger partial charge is 0.375 e. The summed E-state index contributed by atoms with van der Waals surface area (Å²) in [5, 5.41) is 10.4. The Kier molecular flexibility index (Phi) is 2.89. The third kappa shape index (κ3) is 3.17. The standard InChI is InChI=1S/C7H6FNO5S/c1-15(12,13)14-7-3-2-5(8)4-6(7)9(10)11/h2-4H,1H3. The fraction of sp³-hybridized carbons (Fsp3) is 0.143. The summed E-state index contributed by atoms with van der Waals surface area (Å²) in [4.78, 5) is 9.50. The maximum absolute atomic E-state index is 12.6. The van der Waals surface area contributed by atoms with Crippen LogP contribution in [-0.2, 0) is 10.1 Å². The van der Waals surface area contributed by atoms with Crippen LogP contribution in [-0.4, -0.2) is 19.6 Å². The monoisotopic (exact) mass is 235 g/mol. The predicted octanol–water partition coefficient (Wildman–Crippen LogP) is 1.07. The van der Waals surface area contributed by atoms with Gasteiger partial charge >= 0.3 is 15.8 Å². The zero-order valence-electron chi connectivity index (χ0n) is 7.51. The highest BCUT2D eigenvalue weighted by Gasteiger charge is 2.19. The topological polar surface area (TPSA) is 86.5 Å². The summed E-state index contributed by atoms with van der Waals surface area (Å²) < 4.78 is 38.4. The van der Waals surface area contributed by atoms with Gasteiger partial charge in [-0.05, 0) is 12.1 Å². The molecule has 0 aliphatic heterocycles. The SMILES string of the molecule is CS(=O)(=O)Oc1ccc(F)cc1[N+](=O)[O-]. The van der Waals surface area contributed by atoms with Crippen LogP contribution in [0.25, 0.3) is 0 Å². The summed E-state index contributed by atoms with van der Waals surface area (Å²) in [6.45, 7) is 0. The van der Waals surface area contributed by atoms with Crippen molar-refractivity contribution < 1.29 is 21.9 Å². The van der Waals surface area contributed by atoms with Gasteiger partial charge in [0.05, 0.1) is 17.2 Å². The Morgan fingerprint density at radius 3 is 2.53 bits per heavy atom. The van der Waals surface area contributed by atoms with E-state index < -0.39 is 32.3 Å². The number of nitro benzene ring substituents is 1. The van der Waals surface area contributed by atoms with Crippen LogP contribution in [0.15, 0.2) is 18.2 Å². The number of nitrogens with zero attached hydrogens (tertiary/aromatic N) is 1. The van der Waals surface area contributed by atoms with Gasteiger partial charge < -0.3 is 4.18 Å². The van der Waals surface area contributed by atoms with E-state index in [1.807, 2.05) is 0 Å². The molecule has 0 aliphatic rings. The van der Waals surface area contributed by atoms with Gasteiger partial charge in [-0.2, -0.15) is 8.42 Å². The van der Waals surface area contributed by atoms with Gasteiger partial charge in [0.2, 0.25) is 5.75 Å². The van der Waals surface area contributed by atoms with Crippen molar-refractivity contribution in [3.05, 3.63) is 34.1 Å². The Hall–Kier alpha value is -1.70. The summed E-state index contributed by atoms with van der Waals surface area (Å²) in [5.74, 6) is -1.36. The molecule has 6 nitrogen and oxygen atoms in total. The number of halogens is 1. The van der Waals surface area contributed by atoms with E-state index in [9.17, 15) is 22.9 Å². The van der Waals surface area contributed by atoms with Gasteiger partial charge in [-0.1, -0.05) is 0 Å². The Morgan fingerprint density at radius 1 is 1.47 bits per heavy atom. The van der Waals surface area contributed by atoms with Crippen LogP contribution in [0, 0.1) is 15.9 Å². The van der Waals surface area contributed by atoms with E-state index in [2.05, 4.69) is 4.18 Å². The Bertz CT molecular complexity index is 498. The zero-order chi connectivity index (χ0) is 11.6. The maximum Gasteiger partial charge on any atom is 0.315 e. The van der Waals surface area contributed by atoms with Crippen molar-refractivity contribution in [2.24, 2.45) is 0 Å². The fourth-order valence-electron chi connectivity index (χ4n) is 0.867. The molecule has 15 heavy (non-hydrogen) atoms. The molecule has 1 aromatic carbocycles. The van der Waals surface area contributed by atoms with Crippen LogP contribution < -0.4 is 4.18 Å². The molecule has 8 heteroatoms. The lowest BCUT2D eigenvalue weighted by atomic mass is 10.3. The first-order valence-electron chi connectivity index (χ1n) is 3.63. The van der Waals surface area contributed by atoms with Crippen molar-refractivity contribution in [1.29, 1.82) is 0 Å². The molecule has 0 spiro atoms. The van der Waals surface area contributed by atoms with Crippen molar-refractivity contribution in [3.63, 3.8) is 0 Å². The van der Waals surface area contributed by atoms with Crippen LogP contribution in [0.4, 0.5) is 10.1 Å². The number of rotatable bonds is 3. The highest BCUT2D eigenvalue weighted by molar-refractivity contribution is 7.86. The van der Waals surface area contributed by atoms with Crippen LogP contribution in [0.5, 0.6) is 5.75 Å². The zero-order valence-corrected chi connectivity index (χ0v) is 8.32. The van der Waals surface area contributed by atoms with Crippen LogP contribution in [0.2, 0.25) is 0 Å². The van der Waals surface area contributed by atoms with Crippen LogP contribution in [0.1, 0.15) is 0 Å². The molecule has 82 valence electrons. The molecule has 1 aromatic rings. The predicted molar refractivity (Wildman–Crippen MR) is 48.5 cm³/mol. The number of benzene rings is 1. The second kappa shape index (κ2) is 3.81. The second-order valence-corrected chi connectivity index (χ2v) is 4.23. The summed E-state index contributed by atoms with van der Waals surface area (Å²) >= 11 is 0. The van der Waals surface area contributed by atoms with E-state index in [1.54, 1.807) is 0 Å². The highest BCUT2D eigenvalue weighted by Crippen LogP contribution is 2.28. The number of hydrogen-bond donors (Lipinski definition) is 0. The van der Waals surface area contributed by atoms with Gasteiger partial charge in [0, 0.05) is 0 Å². The summed E-state index contributed by atoms with van der Waals surface area (Å²) in [6, 6.07) is 2.34. The van der Waals surface area contributed by atoms with E-state index in [-0.39, 0.29) is 0 Å². The molecule has 0 saturated heterocycles. The van der Waals surface area contributed by atoms with Crippen molar-refractivity contribution >= 4 is 15.8 Å². The lowest BCUT2D eigenvalue weighted by molar-refractivity contribution is -0.385. The maximum atomic E-state index is 12.6. The quantitative estimate of drug-likeness (QED) is 0.444.